The average Bonchev–Trinajstić information content (AvgIpc) is 2.39. The second kappa shape index (κ2) is 6.42. The minimum Gasteiger partial charge on any atom is -0.402 e. The summed E-state index contributed by atoms with van der Waals surface area (Å²) in [6.45, 7) is 4.43. The second-order valence-corrected chi connectivity index (χ2v) is 6.26. The molecule has 1 aromatic rings. The van der Waals surface area contributed by atoms with E-state index >= 15 is 0 Å². The van der Waals surface area contributed by atoms with E-state index < -0.39 is 0 Å². The third-order valence-electron chi connectivity index (χ3n) is 3.76. The zero-order valence-electron chi connectivity index (χ0n) is 11.7. The van der Waals surface area contributed by atoms with Crippen molar-refractivity contribution in [3.63, 3.8) is 0 Å². The van der Waals surface area contributed by atoms with Gasteiger partial charge in [0.15, 0.2) is 0 Å². The minimum absolute atomic E-state index is 0.420. The molecule has 0 spiro atoms. The van der Waals surface area contributed by atoms with Gasteiger partial charge >= 0.3 is 0 Å². The van der Waals surface area contributed by atoms with Crippen LogP contribution >= 0.6 is 15.9 Å². The van der Waals surface area contributed by atoms with E-state index in [1.807, 2.05) is 0 Å². The zero-order chi connectivity index (χ0) is 13.8. The number of hydrogen-bond acceptors (Lipinski definition) is 1. The van der Waals surface area contributed by atoms with Crippen LogP contribution in [0.15, 0.2) is 34.4 Å². The second-order valence-electron chi connectivity index (χ2n) is 5.35. The molecule has 0 heterocycles. The van der Waals surface area contributed by atoms with E-state index in [0.29, 0.717) is 5.92 Å². The smallest absolute Gasteiger partial charge is 0.0181 e. The summed E-state index contributed by atoms with van der Waals surface area (Å²) >= 11 is 3.57. The Morgan fingerprint density at radius 1 is 1.37 bits per heavy atom. The number of allylic oxidation sites excluding steroid dienone is 2. The number of rotatable bonds is 3. The zero-order valence-corrected chi connectivity index (χ0v) is 13.3. The van der Waals surface area contributed by atoms with Gasteiger partial charge in [-0.2, -0.15) is 0 Å². The van der Waals surface area contributed by atoms with Crippen LogP contribution in [0.3, 0.4) is 0 Å². The Balaban J connectivity index is 2.65. The first-order valence-electron chi connectivity index (χ1n) is 7.07. The summed E-state index contributed by atoms with van der Waals surface area (Å²) in [5.41, 5.74) is 8.60. The van der Waals surface area contributed by atoms with E-state index in [1.54, 1.807) is 0 Å². The maximum atomic E-state index is 6.21. The van der Waals surface area contributed by atoms with Gasteiger partial charge in [0.05, 0.1) is 0 Å². The van der Waals surface area contributed by atoms with Gasteiger partial charge in [0, 0.05) is 10.2 Å². The summed E-state index contributed by atoms with van der Waals surface area (Å²) in [5, 5.41) is 2.67. The van der Waals surface area contributed by atoms with Gasteiger partial charge in [-0.25, -0.2) is 0 Å². The summed E-state index contributed by atoms with van der Waals surface area (Å²) in [4.78, 5) is 0. The van der Waals surface area contributed by atoms with Crippen molar-refractivity contribution in [2.45, 2.75) is 39.5 Å². The predicted molar refractivity (Wildman–Crippen MR) is 86.8 cm³/mol. The molecule has 0 saturated carbocycles. The first-order valence-corrected chi connectivity index (χ1v) is 7.87. The highest BCUT2D eigenvalue weighted by Crippen LogP contribution is 2.17. The maximum Gasteiger partial charge on any atom is 0.0181 e. The van der Waals surface area contributed by atoms with E-state index in [9.17, 15) is 0 Å². The van der Waals surface area contributed by atoms with Crippen molar-refractivity contribution in [1.29, 1.82) is 0 Å². The first kappa shape index (κ1) is 14.4. The highest BCUT2D eigenvalue weighted by atomic mass is 79.9. The van der Waals surface area contributed by atoms with Gasteiger partial charge in [0.1, 0.15) is 0 Å². The summed E-state index contributed by atoms with van der Waals surface area (Å²) in [6.07, 6.45) is 9.06. The van der Waals surface area contributed by atoms with Crippen LogP contribution in [-0.4, -0.2) is 0 Å². The monoisotopic (exact) mass is 319 g/mol. The van der Waals surface area contributed by atoms with Crippen LogP contribution in [0.4, 0.5) is 0 Å². The molecule has 0 saturated heterocycles. The Morgan fingerprint density at radius 3 is 2.89 bits per heavy atom. The van der Waals surface area contributed by atoms with Gasteiger partial charge < -0.3 is 5.73 Å². The fraction of sp³-hybridized carbons (Fsp3) is 0.412. The molecule has 2 heteroatoms. The Bertz CT molecular complexity index is 598. The van der Waals surface area contributed by atoms with E-state index in [0.717, 1.165) is 23.0 Å². The van der Waals surface area contributed by atoms with Gasteiger partial charge in [0.25, 0.3) is 0 Å². The number of unbranched alkanes of at least 4 members (excludes halogenated alkanes) is 1. The lowest BCUT2D eigenvalue weighted by atomic mass is 9.94. The van der Waals surface area contributed by atoms with E-state index in [1.165, 1.54) is 28.9 Å². The summed E-state index contributed by atoms with van der Waals surface area (Å²) in [6, 6.07) is 6.54. The molecule has 0 amide bonds. The van der Waals surface area contributed by atoms with Crippen molar-refractivity contribution in [2.75, 3.05) is 0 Å². The molecule has 102 valence electrons. The lowest BCUT2D eigenvalue weighted by Crippen LogP contribution is -2.28. The normalized spacial score (nSPS) is 26.4. The van der Waals surface area contributed by atoms with Crippen molar-refractivity contribution < 1.29 is 0 Å². The fourth-order valence-corrected chi connectivity index (χ4v) is 2.81. The lowest BCUT2D eigenvalue weighted by Gasteiger charge is -2.14. The summed E-state index contributed by atoms with van der Waals surface area (Å²) in [5.74, 6) is 0.420. The topological polar surface area (TPSA) is 26.0 Å². The molecule has 0 aliphatic heterocycles. The highest BCUT2D eigenvalue weighted by molar-refractivity contribution is 9.10. The number of fused-ring (bicyclic) bond motifs is 1. The molecule has 0 bridgehead atoms. The number of halogens is 1. The highest BCUT2D eigenvalue weighted by Gasteiger charge is 2.08. The van der Waals surface area contributed by atoms with E-state index in [-0.39, 0.29) is 0 Å². The molecule has 0 fully saturated rings. The van der Waals surface area contributed by atoms with Crippen molar-refractivity contribution in [3.8, 4) is 0 Å². The standard InChI is InChI=1S/C17H22BrN/c1-3-4-5-13-11-17(19)12(2)6-7-14-10-15(18)8-9-16(13)14/h7-12H,3-6,19H2,1-2H3/b14-7+,16-13-,17-11+. The van der Waals surface area contributed by atoms with Crippen LogP contribution in [-0.2, 0) is 0 Å². The molecule has 19 heavy (non-hydrogen) atoms. The Kier molecular flexibility index (Phi) is 4.87. The lowest BCUT2D eigenvalue weighted by molar-refractivity contribution is 0.701. The molecule has 1 aromatic carbocycles. The van der Waals surface area contributed by atoms with Crippen LogP contribution in [0, 0.1) is 5.92 Å². The number of hydrogen-bond donors (Lipinski definition) is 1. The SMILES string of the molecule is CCCCC1=c2\ccc(Br)c\c2=C/CC(C)/C(N)=C\1. The predicted octanol–water partition coefficient (Wildman–Crippen LogP) is 3.45. The average molecular weight is 320 g/mol. The molecule has 2 N–H and O–H groups in total. The molecular formula is C17H22BrN. The first-order chi connectivity index (χ1) is 9.11. The molecule has 1 unspecified atom stereocenters. The van der Waals surface area contributed by atoms with E-state index in [2.05, 4.69) is 60.1 Å². The van der Waals surface area contributed by atoms with Crippen LogP contribution in [0.5, 0.6) is 0 Å². The third-order valence-corrected chi connectivity index (χ3v) is 4.25. The number of benzene rings is 1. The molecule has 1 nitrogen and oxygen atoms in total. The summed E-state index contributed by atoms with van der Waals surface area (Å²) in [7, 11) is 0. The van der Waals surface area contributed by atoms with Gasteiger partial charge in [-0.1, -0.05) is 48.3 Å². The van der Waals surface area contributed by atoms with E-state index in [4.69, 9.17) is 5.73 Å². The molecule has 0 aromatic heterocycles. The van der Waals surface area contributed by atoms with Crippen molar-refractivity contribution in [1.82, 2.24) is 0 Å². The van der Waals surface area contributed by atoms with Crippen molar-refractivity contribution >= 4 is 27.6 Å². The van der Waals surface area contributed by atoms with Crippen molar-refractivity contribution in [2.24, 2.45) is 11.7 Å². The molecular weight excluding hydrogens is 298 g/mol. The van der Waals surface area contributed by atoms with Crippen LogP contribution in [0.2, 0.25) is 0 Å². The molecule has 0 radical (unpaired) electrons. The number of nitrogens with two attached hydrogens (primary N) is 1. The molecule has 1 atom stereocenters. The quantitative estimate of drug-likeness (QED) is 0.907. The molecule has 1 aliphatic carbocycles. The maximum absolute atomic E-state index is 6.21. The van der Waals surface area contributed by atoms with Crippen LogP contribution < -0.4 is 16.2 Å². The largest absolute Gasteiger partial charge is 0.402 e. The Morgan fingerprint density at radius 2 is 2.16 bits per heavy atom. The van der Waals surface area contributed by atoms with Crippen LogP contribution in [0.1, 0.15) is 39.5 Å². The van der Waals surface area contributed by atoms with Crippen molar-refractivity contribution in [3.05, 3.63) is 44.9 Å². The van der Waals surface area contributed by atoms with Gasteiger partial charge in [-0.05, 0) is 59.4 Å². The third kappa shape index (κ3) is 3.50. The van der Waals surface area contributed by atoms with Gasteiger partial charge in [-0.15, -0.1) is 0 Å². The Hall–Kier alpha value is -1.02. The minimum atomic E-state index is 0.420. The Labute approximate surface area is 124 Å². The fourth-order valence-electron chi connectivity index (χ4n) is 2.43. The van der Waals surface area contributed by atoms with Gasteiger partial charge in [-0.3, -0.25) is 0 Å². The van der Waals surface area contributed by atoms with Crippen LogP contribution in [0.25, 0.3) is 11.6 Å². The molecule has 1 aliphatic rings. The van der Waals surface area contributed by atoms with Gasteiger partial charge in [0.2, 0.25) is 0 Å². The summed E-state index contributed by atoms with van der Waals surface area (Å²) < 4.78 is 1.14. The molecule has 2 rings (SSSR count).